The number of non-ortho nitro benzene ring substituents is 1. The summed E-state index contributed by atoms with van der Waals surface area (Å²) in [5.74, 6) is -0.895. The Hall–Kier alpha value is -2.71. The topological polar surface area (TPSA) is 125 Å². The van der Waals surface area contributed by atoms with E-state index in [0.29, 0.717) is 0 Å². The fraction of sp³-hybridized carbons (Fsp3) is 0.417. The number of hydrogen-bond acceptors (Lipinski definition) is 7. The number of ether oxygens (including phenoxy) is 1. The number of esters is 1. The zero-order valence-corrected chi connectivity index (χ0v) is 12.0. The third-order valence-corrected chi connectivity index (χ3v) is 2.42. The van der Waals surface area contributed by atoms with E-state index in [1.807, 2.05) is 0 Å². The molecule has 0 unspecified atom stereocenters. The SMILES string of the molecule is COC(=O)c1cc([N+](=O)[O-])cc([N+](=O)[O-])c1NC(C)(C)C. The van der Waals surface area contributed by atoms with Gasteiger partial charge in [0.1, 0.15) is 5.69 Å². The number of methoxy groups -OCH3 is 1. The van der Waals surface area contributed by atoms with Crippen LogP contribution in [-0.4, -0.2) is 28.5 Å². The molecule has 0 aromatic heterocycles. The van der Waals surface area contributed by atoms with E-state index in [2.05, 4.69) is 10.1 Å². The summed E-state index contributed by atoms with van der Waals surface area (Å²) in [7, 11) is 1.09. The van der Waals surface area contributed by atoms with Crippen LogP contribution < -0.4 is 5.32 Å². The van der Waals surface area contributed by atoms with Crippen LogP contribution in [0.3, 0.4) is 0 Å². The van der Waals surface area contributed by atoms with Gasteiger partial charge in [0, 0.05) is 11.6 Å². The monoisotopic (exact) mass is 297 g/mol. The molecule has 9 heteroatoms. The Bertz CT molecular complexity index is 606. The summed E-state index contributed by atoms with van der Waals surface area (Å²) < 4.78 is 4.54. The van der Waals surface area contributed by atoms with Crippen molar-refractivity contribution in [3.63, 3.8) is 0 Å². The molecule has 0 heterocycles. The van der Waals surface area contributed by atoms with Crippen molar-refractivity contribution in [2.75, 3.05) is 12.4 Å². The molecule has 0 fully saturated rings. The van der Waals surface area contributed by atoms with Crippen LogP contribution in [0.1, 0.15) is 31.1 Å². The molecule has 0 atom stereocenters. The molecule has 0 amide bonds. The van der Waals surface area contributed by atoms with Crippen LogP contribution in [0, 0.1) is 20.2 Å². The third-order valence-electron chi connectivity index (χ3n) is 2.42. The van der Waals surface area contributed by atoms with Crippen LogP contribution >= 0.6 is 0 Å². The maximum atomic E-state index is 11.8. The first-order valence-electron chi connectivity index (χ1n) is 5.90. The Morgan fingerprint density at radius 2 is 1.76 bits per heavy atom. The van der Waals surface area contributed by atoms with Crippen molar-refractivity contribution >= 4 is 23.0 Å². The zero-order valence-electron chi connectivity index (χ0n) is 12.0. The Balaban J connectivity index is 3.66. The van der Waals surface area contributed by atoms with E-state index in [9.17, 15) is 25.0 Å². The van der Waals surface area contributed by atoms with Gasteiger partial charge in [0.15, 0.2) is 0 Å². The number of benzene rings is 1. The fourth-order valence-electron chi connectivity index (χ4n) is 1.64. The van der Waals surface area contributed by atoms with Crippen LogP contribution in [-0.2, 0) is 4.74 Å². The summed E-state index contributed by atoms with van der Waals surface area (Å²) in [5, 5.41) is 24.8. The highest BCUT2D eigenvalue weighted by atomic mass is 16.6. The maximum absolute atomic E-state index is 11.8. The molecule has 1 rings (SSSR count). The molecule has 0 saturated carbocycles. The fourth-order valence-corrected chi connectivity index (χ4v) is 1.64. The lowest BCUT2D eigenvalue weighted by Crippen LogP contribution is -2.28. The molecule has 1 aromatic rings. The van der Waals surface area contributed by atoms with Crippen LogP contribution in [0.15, 0.2) is 12.1 Å². The van der Waals surface area contributed by atoms with Crippen LogP contribution in [0.4, 0.5) is 17.1 Å². The minimum atomic E-state index is -0.895. The standard InChI is InChI=1S/C12H15N3O6/c1-12(2,3)13-10-8(11(16)21-4)5-7(14(17)18)6-9(10)15(19)20/h5-6,13H,1-4H3. The number of carbonyl (C=O) groups excluding carboxylic acids is 1. The number of carbonyl (C=O) groups is 1. The first kappa shape index (κ1) is 16.3. The molecule has 0 radical (unpaired) electrons. The summed E-state index contributed by atoms with van der Waals surface area (Å²) in [6.07, 6.45) is 0. The van der Waals surface area contributed by atoms with Crippen LogP contribution in [0.25, 0.3) is 0 Å². The quantitative estimate of drug-likeness (QED) is 0.514. The molecule has 9 nitrogen and oxygen atoms in total. The van der Waals surface area contributed by atoms with Gasteiger partial charge in [0.25, 0.3) is 11.4 Å². The molecule has 0 spiro atoms. The average molecular weight is 297 g/mol. The first-order valence-corrected chi connectivity index (χ1v) is 5.90. The van der Waals surface area contributed by atoms with Crippen LogP contribution in [0.5, 0.6) is 0 Å². The van der Waals surface area contributed by atoms with E-state index >= 15 is 0 Å². The molecule has 0 aliphatic rings. The number of nitrogens with one attached hydrogen (secondary N) is 1. The molecule has 1 aromatic carbocycles. The van der Waals surface area contributed by atoms with E-state index in [1.165, 1.54) is 0 Å². The Kier molecular flexibility index (Phi) is 4.46. The van der Waals surface area contributed by atoms with Gasteiger partial charge in [-0.25, -0.2) is 4.79 Å². The second-order valence-electron chi connectivity index (χ2n) is 5.27. The van der Waals surface area contributed by atoms with Gasteiger partial charge in [-0.1, -0.05) is 0 Å². The van der Waals surface area contributed by atoms with Gasteiger partial charge in [0.2, 0.25) is 0 Å². The predicted molar refractivity (Wildman–Crippen MR) is 74.5 cm³/mol. The van der Waals surface area contributed by atoms with Gasteiger partial charge in [-0.3, -0.25) is 20.2 Å². The minimum absolute atomic E-state index is 0.107. The molecule has 114 valence electrons. The largest absolute Gasteiger partial charge is 0.465 e. The van der Waals surface area contributed by atoms with Crippen molar-refractivity contribution in [2.24, 2.45) is 0 Å². The van der Waals surface area contributed by atoms with Crippen molar-refractivity contribution < 1.29 is 19.4 Å². The summed E-state index contributed by atoms with van der Waals surface area (Å²) in [5.41, 5.74) is -2.07. The number of nitrogens with zero attached hydrogens (tertiary/aromatic N) is 2. The van der Waals surface area contributed by atoms with Crippen molar-refractivity contribution in [3.05, 3.63) is 37.9 Å². The first-order chi connectivity index (χ1) is 9.56. The van der Waals surface area contributed by atoms with Gasteiger partial charge >= 0.3 is 5.97 Å². The lowest BCUT2D eigenvalue weighted by molar-refractivity contribution is -0.393. The summed E-state index contributed by atoms with van der Waals surface area (Å²) in [6.45, 7) is 5.21. The van der Waals surface area contributed by atoms with Crippen molar-refractivity contribution in [3.8, 4) is 0 Å². The highest BCUT2D eigenvalue weighted by Gasteiger charge is 2.30. The number of rotatable bonds is 4. The zero-order chi connectivity index (χ0) is 16.4. The molecule has 21 heavy (non-hydrogen) atoms. The minimum Gasteiger partial charge on any atom is -0.465 e. The lowest BCUT2D eigenvalue weighted by atomic mass is 10.0. The molecule has 0 saturated heterocycles. The Morgan fingerprint density at radius 1 is 1.19 bits per heavy atom. The van der Waals surface area contributed by atoms with E-state index in [1.54, 1.807) is 20.8 Å². The number of nitro groups is 2. The number of hydrogen-bond donors (Lipinski definition) is 1. The highest BCUT2D eigenvalue weighted by molar-refractivity contribution is 5.99. The summed E-state index contributed by atoms with van der Waals surface area (Å²) in [6, 6.07) is 1.76. The number of nitro benzene ring substituents is 2. The average Bonchev–Trinajstić information content (AvgIpc) is 2.35. The molecule has 1 N–H and O–H groups in total. The molecule has 0 bridgehead atoms. The van der Waals surface area contributed by atoms with Crippen molar-refractivity contribution in [2.45, 2.75) is 26.3 Å². The highest BCUT2D eigenvalue weighted by Crippen LogP contribution is 2.35. The van der Waals surface area contributed by atoms with Gasteiger partial charge < -0.3 is 10.1 Å². The van der Waals surface area contributed by atoms with Gasteiger partial charge in [0.05, 0.1) is 28.6 Å². The van der Waals surface area contributed by atoms with Crippen molar-refractivity contribution in [1.82, 2.24) is 0 Å². The van der Waals surface area contributed by atoms with Gasteiger partial charge in [-0.05, 0) is 20.8 Å². The van der Waals surface area contributed by atoms with Gasteiger partial charge in [-0.2, -0.15) is 0 Å². The summed E-state index contributed by atoms with van der Waals surface area (Å²) >= 11 is 0. The predicted octanol–water partition coefficient (Wildman–Crippen LogP) is 2.50. The maximum Gasteiger partial charge on any atom is 0.340 e. The van der Waals surface area contributed by atoms with E-state index < -0.39 is 32.7 Å². The smallest absolute Gasteiger partial charge is 0.340 e. The molecule has 0 aliphatic carbocycles. The van der Waals surface area contributed by atoms with Gasteiger partial charge in [-0.15, -0.1) is 0 Å². The normalized spacial score (nSPS) is 10.9. The van der Waals surface area contributed by atoms with E-state index in [4.69, 9.17) is 0 Å². The van der Waals surface area contributed by atoms with Crippen molar-refractivity contribution in [1.29, 1.82) is 0 Å². The number of anilines is 1. The lowest BCUT2D eigenvalue weighted by Gasteiger charge is -2.23. The van der Waals surface area contributed by atoms with Crippen LogP contribution in [0.2, 0.25) is 0 Å². The molecular weight excluding hydrogens is 282 g/mol. The molecule has 0 aliphatic heterocycles. The third kappa shape index (κ3) is 3.88. The van der Waals surface area contributed by atoms with E-state index in [-0.39, 0.29) is 11.3 Å². The summed E-state index contributed by atoms with van der Waals surface area (Å²) in [4.78, 5) is 32.2. The van der Waals surface area contributed by atoms with E-state index in [0.717, 1.165) is 19.2 Å². The Morgan fingerprint density at radius 3 is 2.14 bits per heavy atom. The second kappa shape index (κ2) is 5.73. The second-order valence-corrected chi connectivity index (χ2v) is 5.27. The molecular formula is C12H15N3O6. The Labute approximate surface area is 120 Å².